The van der Waals surface area contributed by atoms with Gasteiger partial charge in [-0.05, 0) is 32.4 Å². The fourth-order valence-electron chi connectivity index (χ4n) is 3.47. The Morgan fingerprint density at radius 3 is 2.70 bits per heavy atom. The quantitative estimate of drug-likeness (QED) is 0.389. The minimum absolute atomic E-state index is 0.214. The van der Waals surface area contributed by atoms with Gasteiger partial charge in [0, 0.05) is 23.4 Å². The van der Waals surface area contributed by atoms with Gasteiger partial charge in [-0.15, -0.1) is 0 Å². The Hall–Kier alpha value is -3.94. The largest absolute Gasteiger partial charge is 0.489 e. The van der Waals surface area contributed by atoms with Gasteiger partial charge in [0.15, 0.2) is 0 Å². The number of alkyl carbamates (subject to hydrolysis) is 1. The van der Waals surface area contributed by atoms with Gasteiger partial charge in [0.25, 0.3) is 0 Å². The summed E-state index contributed by atoms with van der Waals surface area (Å²) in [4.78, 5) is 23.6. The number of nitrogens with zero attached hydrogens (tertiary/aromatic N) is 2. The van der Waals surface area contributed by atoms with Crippen LogP contribution in [0.2, 0.25) is 0 Å². The first-order valence-electron chi connectivity index (χ1n) is 10.6. The average molecular weight is 448 g/mol. The molecule has 0 spiro atoms. The molecule has 0 saturated heterocycles. The fourth-order valence-corrected chi connectivity index (χ4v) is 3.47. The smallest absolute Gasteiger partial charge is 0.407 e. The normalized spacial score (nSPS) is 11.4. The van der Waals surface area contributed by atoms with Gasteiger partial charge in [0.05, 0.1) is 35.7 Å². The van der Waals surface area contributed by atoms with Gasteiger partial charge in [-0.3, -0.25) is 9.97 Å². The third-order valence-corrected chi connectivity index (χ3v) is 4.74. The van der Waals surface area contributed by atoms with Crippen LogP contribution in [0.15, 0.2) is 61.1 Å². The molecule has 7 nitrogen and oxygen atoms in total. The van der Waals surface area contributed by atoms with Gasteiger partial charge in [-0.25, -0.2) is 9.18 Å². The highest BCUT2D eigenvalue weighted by Crippen LogP contribution is 2.40. The molecule has 33 heavy (non-hydrogen) atoms. The number of hydrogen-bond acceptors (Lipinski definition) is 5. The monoisotopic (exact) mass is 448 g/mol. The lowest BCUT2D eigenvalue weighted by atomic mass is 10.0. The summed E-state index contributed by atoms with van der Waals surface area (Å²) in [6, 6.07) is 13.0. The van der Waals surface area contributed by atoms with Crippen molar-refractivity contribution in [3.63, 3.8) is 0 Å². The lowest BCUT2D eigenvalue weighted by Crippen LogP contribution is -2.34. The maximum Gasteiger partial charge on any atom is 0.407 e. The Labute approximate surface area is 191 Å². The minimum Gasteiger partial charge on any atom is -0.489 e. The number of halogens is 1. The summed E-state index contributed by atoms with van der Waals surface area (Å²) in [6.07, 6.45) is 3.97. The van der Waals surface area contributed by atoms with Crippen molar-refractivity contribution in [1.29, 1.82) is 0 Å². The third kappa shape index (κ3) is 5.28. The first-order chi connectivity index (χ1) is 15.8. The second-order valence-corrected chi connectivity index (χ2v) is 8.44. The highest BCUT2D eigenvalue weighted by atomic mass is 19.1. The Kier molecular flexibility index (Phi) is 6.26. The zero-order valence-corrected chi connectivity index (χ0v) is 18.7. The summed E-state index contributed by atoms with van der Waals surface area (Å²) in [6.45, 7) is 5.88. The van der Waals surface area contributed by atoms with E-state index in [4.69, 9.17) is 9.47 Å². The lowest BCUT2D eigenvalue weighted by molar-refractivity contribution is 0.0520. The van der Waals surface area contributed by atoms with Crippen LogP contribution >= 0.6 is 0 Å². The first-order valence-corrected chi connectivity index (χ1v) is 10.6. The van der Waals surface area contributed by atoms with E-state index in [-0.39, 0.29) is 13.2 Å². The van der Waals surface area contributed by atoms with Crippen LogP contribution in [0.25, 0.3) is 33.4 Å². The zero-order chi connectivity index (χ0) is 23.4. The van der Waals surface area contributed by atoms with Crippen LogP contribution in [-0.4, -0.2) is 39.8 Å². The number of carbonyl (C=O) groups is 1. The van der Waals surface area contributed by atoms with E-state index in [1.54, 1.807) is 33.2 Å². The van der Waals surface area contributed by atoms with Gasteiger partial charge >= 0.3 is 6.09 Å². The SMILES string of the molecule is CC(C)(C)OC(=O)NCCOc1cnccc1-c1[nH]c2cc(F)cnc2c1-c1ccccc1. The van der Waals surface area contributed by atoms with Crippen molar-refractivity contribution < 1.29 is 18.7 Å². The number of aromatic amines is 1. The van der Waals surface area contributed by atoms with E-state index in [1.165, 1.54) is 12.3 Å². The second kappa shape index (κ2) is 9.28. The van der Waals surface area contributed by atoms with Crippen molar-refractivity contribution >= 4 is 17.1 Å². The molecule has 0 saturated carbocycles. The molecule has 0 unspecified atom stereocenters. The molecule has 0 fully saturated rings. The van der Waals surface area contributed by atoms with Gasteiger partial charge in [-0.1, -0.05) is 30.3 Å². The first kappa shape index (κ1) is 22.3. The van der Waals surface area contributed by atoms with E-state index >= 15 is 0 Å². The topological polar surface area (TPSA) is 89.1 Å². The number of nitrogens with one attached hydrogen (secondary N) is 2. The van der Waals surface area contributed by atoms with Crippen LogP contribution < -0.4 is 10.1 Å². The average Bonchev–Trinajstić information content (AvgIpc) is 3.14. The molecule has 0 aliphatic heterocycles. The van der Waals surface area contributed by atoms with Crippen LogP contribution in [0.4, 0.5) is 9.18 Å². The van der Waals surface area contributed by atoms with E-state index in [9.17, 15) is 9.18 Å². The number of fused-ring (bicyclic) bond motifs is 1. The summed E-state index contributed by atoms with van der Waals surface area (Å²) in [5.41, 5.74) is 3.94. The van der Waals surface area contributed by atoms with Crippen molar-refractivity contribution in [3.05, 3.63) is 66.9 Å². The minimum atomic E-state index is -0.571. The molecule has 8 heteroatoms. The Balaban J connectivity index is 1.63. The molecular formula is C25H25FN4O3. The number of pyridine rings is 2. The van der Waals surface area contributed by atoms with Gasteiger partial charge in [-0.2, -0.15) is 0 Å². The van der Waals surface area contributed by atoms with Crippen molar-refractivity contribution in [3.8, 4) is 28.1 Å². The molecule has 1 aromatic carbocycles. The summed E-state index contributed by atoms with van der Waals surface area (Å²) < 4.78 is 25.0. The fraction of sp³-hybridized carbons (Fsp3) is 0.240. The molecule has 1 amide bonds. The molecule has 4 rings (SSSR count). The van der Waals surface area contributed by atoms with E-state index in [0.717, 1.165) is 22.4 Å². The van der Waals surface area contributed by atoms with Crippen molar-refractivity contribution in [2.45, 2.75) is 26.4 Å². The van der Waals surface area contributed by atoms with Crippen LogP contribution in [0.1, 0.15) is 20.8 Å². The van der Waals surface area contributed by atoms with Gasteiger partial charge in [0.1, 0.15) is 23.8 Å². The third-order valence-electron chi connectivity index (χ3n) is 4.74. The number of ether oxygens (including phenoxy) is 2. The molecule has 0 atom stereocenters. The predicted molar refractivity (Wildman–Crippen MR) is 124 cm³/mol. The van der Waals surface area contributed by atoms with Crippen LogP contribution in [0.5, 0.6) is 5.75 Å². The highest BCUT2D eigenvalue weighted by molar-refractivity contribution is 6.02. The molecule has 170 valence electrons. The number of amides is 1. The molecule has 4 aromatic rings. The number of carbonyl (C=O) groups excluding carboxylic acids is 1. The van der Waals surface area contributed by atoms with Crippen LogP contribution in [0, 0.1) is 5.82 Å². The Bertz CT molecular complexity index is 1270. The summed E-state index contributed by atoms with van der Waals surface area (Å²) >= 11 is 0. The number of rotatable bonds is 6. The molecule has 0 aliphatic rings. The molecule has 0 aliphatic carbocycles. The van der Waals surface area contributed by atoms with Gasteiger partial charge < -0.3 is 19.8 Å². The standard InChI is InChI=1S/C25H25FN4O3/c1-25(2,3)33-24(31)28-11-12-32-20-15-27-10-9-18(20)22-21(16-7-5-4-6-8-16)23-19(30-22)13-17(26)14-29-23/h4-10,13-15,30H,11-12H2,1-3H3,(H,28,31). The molecule has 3 aromatic heterocycles. The predicted octanol–water partition coefficient (Wildman–Crippen LogP) is 5.33. The van der Waals surface area contributed by atoms with E-state index in [0.29, 0.717) is 16.8 Å². The lowest BCUT2D eigenvalue weighted by Gasteiger charge is -2.19. The number of H-pyrrole nitrogens is 1. The maximum absolute atomic E-state index is 13.9. The summed E-state index contributed by atoms with van der Waals surface area (Å²) in [5, 5.41) is 2.67. The number of hydrogen-bond donors (Lipinski definition) is 2. The Morgan fingerprint density at radius 2 is 1.94 bits per heavy atom. The molecule has 0 bridgehead atoms. The molecular weight excluding hydrogens is 423 g/mol. The Morgan fingerprint density at radius 1 is 1.15 bits per heavy atom. The van der Waals surface area contributed by atoms with Crippen LogP contribution in [0.3, 0.4) is 0 Å². The van der Waals surface area contributed by atoms with E-state index in [2.05, 4.69) is 20.3 Å². The number of aromatic nitrogens is 3. The highest BCUT2D eigenvalue weighted by Gasteiger charge is 2.20. The number of benzene rings is 1. The van der Waals surface area contributed by atoms with Gasteiger partial charge in [0.2, 0.25) is 0 Å². The molecule has 2 N–H and O–H groups in total. The summed E-state index contributed by atoms with van der Waals surface area (Å²) in [5.74, 6) is 0.0991. The summed E-state index contributed by atoms with van der Waals surface area (Å²) in [7, 11) is 0. The zero-order valence-electron chi connectivity index (χ0n) is 18.7. The molecule has 3 heterocycles. The van der Waals surface area contributed by atoms with Crippen molar-refractivity contribution in [1.82, 2.24) is 20.3 Å². The van der Waals surface area contributed by atoms with E-state index in [1.807, 2.05) is 36.4 Å². The maximum atomic E-state index is 13.9. The van der Waals surface area contributed by atoms with Crippen molar-refractivity contribution in [2.24, 2.45) is 0 Å². The van der Waals surface area contributed by atoms with Crippen LogP contribution in [-0.2, 0) is 4.74 Å². The van der Waals surface area contributed by atoms with E-state index < -0.39 is 17.5 Å². The second-order valence-electron chi connectivity index (χ2n) is 8.44. The molecule has 0 radical (unpaired) electrons. The van der Waals surface area contributed by atoms with Crippen molar-refractivity contribution in [2.75, 3.05) is 13.2 Å².